The average Bonchev–Trinajstić information content (AvgIpc) is 3.22. The molecule has 6 rings (SSSR count). The van der Waals surface area contributed by atoms with Crippen LogP contribution >= 0.6 is 11.8 Å². The quantitative estimate of drug-likeness (QED) is 0.466. The molecule has 0 radical (unpaired) electrons. The van der Waals surface area contributed by atoms with Crippen molar-refractivity contribution in [2.45, 2.75) is 87.3 Å². The van der Waals surface area contributed by atoms with Crippen LogP contribution in [0.2, 0.25) is 0 Å². The second-order valence-corrected chi connectivity index (χ2v) is 12.9. The van der Waals surface area contributed by atoms with E-state index in [1.165, 1.54) is 29.8 Å². The molecule has 0 aromatic carbocycles. The first-order valence-electron chi connectivity index (χ1n) is 13.8. The summed E-state index contributed by atoms with van der Waals surface area (Å²) in [6, 6.07) is 1.02. The maximum atomic E-state index is 10.7. The van der Waals surface area contributed by atoms with Gasteiger partial charge in [-0.25, -0.2) is 0 Å². The van der Waals surface area contributed by atoms with Crippen LogP contribution in [0.5, 0.6) is 0 Å². The second kappa shape index (κ2) is 10.4. The molecule has 6 aliphatic rings. The van der Waals surface area contributed by atoms with Gasteiger partial charge in [0, 0.05) is 41.0 Å². The van der Waals surface area contributed by atoms with E-state index >= 15 is 0 Å². The zero-order chi connectivity index (χ0) is 24.6. The molecular formula is C31H39N3OS. The highest BCUT2D eigenvalue weighted by molar-refractivity contribution is 8.00. The third-order valence-electron chi connectivity index (χ3n) is 8.39. The van der Waals surface area contributed by atoms with Crippen molar-refractivity contribution in [3.63, 3.8) is 0 Å². The molecule has 0 aromatic heterocycles. The Labute approximate surface area is 220 Å². The fourth-order valence-corrected chi connectivity index (χ4v) is 7.93. The molecule has 0 fully saturated rings. The van der Waals surface area contributed by atoms with Gasteiger partial charge in [-0.05, 0) is 49.3 Å². The standard InChI is InChI=1S/C31H39N3OS/c1-20(2)36-30-19-26(32-31(33-30)25-13-7-9-15-29(25)35)21-16-17-24-23-12-6-8-14-27(23)34(28(24)18-21)22-10-4-3-5-11-22/h3-7,9-10,12-13,15,18,20,22-23,25,27,29-31,33,35H,8,11,14,16-17,19H2,1-2H3. The molecule has 36 heavy (non-hydrogen) atoms. The minimum absolute atomic E-state index is 0.0327. The Kier molecular flexibility index (Phi) is 6.98. The van der Waals surface area contributed by atoms with Gasteiger partial charge in [0.05, 0.1) is 17.5 Å². The number of aliphatic hydroxyl groups is 1. The number of hydrogen-bond donors (Lipinski definition) is 2. The maximum Gasteiger partial charge on any atom is 0.110 e. The van der Waals surface area contributed by atoms with Crippen molar-refractivity contribution in [2.24, 2.45) is 16.8 Å². The molecule has 5 heteroatoms. The lowest BCUT2D eigenvalue weighted by Crippen LogP contribution is -2.48. The van der Waals surface area contributed by atoms with E-state index in [0.29, 0.717) is 28.6 Å². The molecule has 2 aliphatic heterocycles. The predicted molar refractivity (Wildman–Crippen MR) is 152 cm³/mol. The molecule has 4 nitrogen and oxygen atoms in total. The number of fused-ring (bicyclic) bond motifs is 2. The van der Waals surface area contributed by atoms with Gasteiger partial charge in [0.2, 0.25) is 0 Å². The van der Waals surface area contributed by atoms with Gasteiger partial charge in [0.1, 0.15) is 6.17 Å². The van der Waals surface area contributed by atoms with Crippen LogP contribution in [0.4, 0.5) is 0 Å². The summed E-state index contributed by atoms with van der Waals surface area (Å²) < 4.78 is 0. The van der Waals surface area contributed by atoms with Crippen LogP contribution in [0.25, 0.3) is 0 Å². The van der Waals surface area contributed by atoms with Crippen LogP contribution in [-0.2, 0) is 0 Å². The fourth-order valence-electron chi connectivity index (χ4n) is 6.80. The van der Waals surface area contributed by atoms with Crippen molar-refractivity contribution in [2.75, 3.05) is 0 Å². The number of aliphatic hydroxyl groups excluding tert-OH is 1. The van der Waals surface area contributed by atoms with Gasteiger partial charge in [0.15, 0.2) is 0 Å². The summed E-state index contributed by atoms with van der Waals surface area (Å²) in [5.74, 6) is 0.529. The van der Waals surface area contributed by atoms with Crippen molar-refractivity contribution in [1.82, 2.24) is 10.2 Å². The van der Waals surface area contributed by atoms with E-state index in [4.69, 9.17) is 4.99 Å². The normalized spacial score (nSPS) is 37.3. The van der Waals surface area contributed by atoms with Gasteiger partial charge < -0.3 is 10.0 Å². The van der Waals surface area contributed by atoms with Gasteiger partial charge in [-0.2, -0.15) is 0 Å². The van der Waals surface area contributed by atoms with Crippen molar-refractivity contribution >= 4 is 17.5 Å². The molecule has 0 amide bonds. The minimum atomic E-state index is -0.499. The lowest BCUT2D eigenvalue weighted by Gasteiger charge is -2.38. The van der Waals surface area contributed by atoms with E-state index in [0.717, 1.165) is 25.7 Å². The summed E-state index contributed by atoms with van der Waals surface area (Å²) in [4.78, 5) is 8.03. The first-order valence-corrected chi connectivity index (χ1v) is 14.8. The molecule has 7 unspecified atom stereocenters. The van der Waals surface area contributed by atoms with Crippen molar-refractivity contribution in [3.8, 4) is 0 Å². The minimum Gasteiger partial charge on any atom is -0.388 e. The highest BCUT2D eigenvalue weighted by atomic mass is 32.2. The number of allylic oxidation sites excluding steroid dienone is 7. The maximum absolute atomic E-state index is 10.7. The van der Waals surface area contributed by atoms with Gasteiger partial charge in [-0.1, -0.05) is 74.6 Å². The van der Waals surface area contributed by atoms with E-state index in [1.807, 2.05) is 30.0 Å². The lowest BCUT2D eigenvalue weighted by atomic mass is 9.82. The third-order valence-corrected chi connectivity index (χ3v) is 9.57. The number of rotatable bonds is 5. The van der Waals surface area contributed by atoms with Crippen LogP contribution < -0.4 is 5.32 Å². The number of aliphatic imine (C=N–C) groups is 1. The van der Waals surface area contributed by atoms with Crippen molar-refractivity contribution in [1.29, 1.82) is 0 Å². The molecule has 0 bridgehead atoms. The van der Waals surface area contributed by atoms with Crippen molar-refractivity contribution < 1.29 is 5.11 Å². The topological polar surface area (TPSA) is 47.9 Å². The van der Waals surface area contributed by atoms with E-state index in [9.17, 15) is 5.11 Å². The molecule has 0 saturated heterocycles. The van der Waals surface area contributed by atoms with Gasteiger partial charge >= 0.3 is 0 Å². The van der Waals surface area contributed by atoms with Crippen LogP contribution in [0, 0.1) is 11.8 Å². The molecular weight excluding hydrogens is 462 g/mol. The van der Waals surface area contributed by atoms with Gasteiger partial charge in [-0.3, -0.25) is 10.3 Å². The second-order valence-electron chi connectivity index (χ2n) is 11.1. The Morgan fingerprint density at radius 2 is 1.92 bits per heavy atom. The largest absolute Gasteiger partial charge is 0.388 e. The van der Waals surface area contributed by atoms with E-state index in [1.54, 1.807) is 5.57 Å². The first kappa shape index (κ1) is 24.3. The van der Waals surface area contributed by atoms with E-state index < -0.39 is 6.10 Å². The monoisotopic (exact) mass is 501 g/mol. The number of nitrogens with one attached hydrogen (secondary N) is 1. The molecule has 2 heterocycles. The molecule has 0 aromatic rings. The first-order chi connectivity index (χ1) is 17.6. The average molecular weight is 502 g/mol. The SMILES string of the molecule is CC(C)SC1CC(C2=CC3=C(CC2)C2C=CCCC2N3C2C=CC=CC2)=NC(C2C=CC=CC2O)N1. The summed E-state index contributed by atoms with van der Waals surface area (Å²) in [5.41, 5.74) is 5.75. The number of hydrogen-bond acceptors (Lipinski definition) is 5. The Morgan fingerprint density at radius 1 is 1.06 bits per heavy atom. The summed E-state index contributed by atoms with van der Waals surface area (Å²) in [6.07, 6.45) is 30.5. The molecule has 7 atom stereocenters. The number of nitrogens with zero attached hydrogens (tertiary/aromatic N) is 2. The molecule has 2 N–H and O–H groups in total. The fraction of sp³-hybridized carbons (Fsp3) is 0.516. The molecule has 190 valence electrons. The van der Waals surface area contributed by atoms with Gasteiger partial charge in [0.25, 0.3) is 0 Å². The highest BCUT2D eigenvalue weighted by Crippen LogP contribution is 2.47. The lowest BCUT2D eigenvalue weighted by molar-refractivity contribution is 0.149. The van der Waals surface area contributed by atoms with E-state index in [-0.39, 0.29) is 12.1 Å². The summed E-state index contributed by atoms with van der Waals surface area (Å²) in [7, 11) is 0. The Balaban J connectivity index is 1.34. The summed E-state index contributed by atoms with van der Waals surface area (Å²) in [6.45, 7) is 4.53. The molecule has 4 aliphatic carbocycles. The smallest absolute Gasteiger partial charge is 0.110 e. The number of thioether (sulfide) groups is 1. The third kappa shape index (κ3) is 4.66. The van der Waals surface area contributed by atoms with Crippen LogP contribution in [-0.4, -0.2) is 50.7 Å². The molecule has 0 saturated carbocycles. The zero-order valence-electron chi connectivity index (χ0n) is 21.5. The Morgan fingerprint density at radius 3 is 2.72 bits per heavy atom. The van der Waals surface area contributed by atoms with Crippen LogP contribution in [0.15, 0.2) is 88.7 Å². The molecule has 0 spiro atoms. The van der Waals surface area contributed by atoms with Gasteiger partial charge in [-0.15, -0.1) is 11.8 Å². The Hall–Kier alpha value is -2.08. The van der Waals surface area contributed by atoms with E-state index in [2.05, 4.69) is 72.7 Å². The highest BCUT2D eigenvalue weighted by Gasteiger charge is 2.43. The zero-order valence-corrected chi connectivity index (χ0v) is 22.3. The van der Waals surface area contributed by atoms with Crippen LogP contribution in [0.3, 0.4) is 0 Å². The predicted octanol–water partition coefficient (Wildman–Crippen LogP) is 5.83. The van der Waals surface area contributed by atoms with Crippen molar-refractivity contribution in [3.05, 3.63) is 83.7 Å². The summed E-state index contributed by atoms with van der Waals surface area (Å²) in [5, 5.41) is 15.3. The Bertz CT molecular complexity index is 1110. The summed E-state index contributed by atoms with van der Waals surface area (Å²) >= 11 is 1.98. The van der Waals surface area contributed by atoms with Crippen LogP contribution in [0.1, 0.15) is 52.4 Å².